The number of aliphatic carboxylic acids is 1. The number of nitrogens with one attached hydrogen (secondary N) is 2. The van der Waals surface area contributed by atoms with Crippen molar-refractivity contribution in [2.45, 2.75) is 19.5 Å². The van der Waals surface area contributed by atoms with Crippen LogP contribution in [0.1, 0.15) is 12.5 Å². The molecule has 0 aromatic heterocycles. The minimum absolute atomic E-state index is 0.353. The van der Waals surface area contributed by atoms with Gasteiger partial charge in [-0.3, -0.25) is 4.79 Å². The van der Waals surface area contributed by atoms with Crippen LogP contribution in [0.15, 0.2) is 28.7 Å². The van der Waals surface area contributed by atoms with Gasteiger partial charge in [0.2, 0.25) is 0 Å². The number of hydrogen-bond acceptors (Lipinski definition) is 2. The largest absolute Gasteiger partial charge is 0.480 e. The topological polar surface area (TPSA) is 78.4 Å². The van der Waals surface area contributed by atoms with E-state index in [-0.39, 0.29) is 0 Å². The maximum absolute atomic E-state index is 11.3. The first-order valence-corrected chi connectivity index (χ1v) is 5.80. The first kappa shape index (κ1) is 13.5. The van der Waals surface area contributed by atoms with Crippen LogP contribution in [0.25, 0.3) is 0 Å². The average molecular weight is 301 g/mol. The summed E-state index contributed by atoms with van der Waals surface area (Å²) in [5.41, 5.74) is 0.936. The predicted octanol–water partition coefficient (Wildman–Crippen LogP) is 1.72. The molecule has 0 fully saturated rings. The fourth-order valence-corrected chi connectivity index (χ4v) is 1.36. The number of halogens is 1. The van der Waals surface area contributed by atoms with Crippen LogP contribution < -0.4 is 10.6 Å². The van der Waals surface area contributed by atoms with Crippen molar-refractivity contribution in [1.82, 2.24) is 10.6 Å². The highest BCUT2D eigenvalue weighted by Crippen LogP contribution is 2.10. The highest BCUT2D eigenvalue weighted by Gasteiger charge is 2.12. The van der Waals surface area contributed by atoms with Gasteiger partial charge in [-0.15, -0.1) is 0 Å². The lowest BCUT2D eigenvalue weighted by Crippen LogP contribution is -2.44. The van der Waals surface area contributed by atoms with Crippen LogP contribution in [0.3, 0.4) is 0 Å². The number of urea groups is 1. The highest BCUT2D eigenvalue weighted by molar-refractivity contribution is 9.10. The number of carbonyl (C=O) groups is 2. The molecular formula is C11H13BrN2O3. The fourth-order valence-electron chi connectivity index (χ4n) is 1.09. The molecule has 1 atom stereocenters. The molecule has 1 unspecified atom stereocenters. The Kier molecular flexibility index (Phi) is 4.96. The van der Waals surface area contributed by atoms with Gasteiger partial charge in [-0.1, -0.05) is 28.1 Å². The normalized spacial score (nSPS) is 11.6. The van der Waals surface area contributed by atoms with Gasteiger partial charge in [0.1, 0.15) is 6.04 Å². The van der Waals surface area contributed by atoms with Crippen LogP contribution in [-0.4, -0.2) is 23.1 Å². The molecule has 0 aliphatic carbocycles. The summed E-state index contributed by atoms with van der Waals surface area (Å²) in [5.74, 6) is -1.07. The Labute approximate surface area is 107 Å². The number of hydrogen-bond donors (Lipinski definition) is 3. The second-order valence-corrected chi connectivity index (χ2v) is 4.43. The van der Waals surface area contributed by atoms with Crippen molar-refractivity contribution in [1.29, 1.82) is 0 Å². The Balaban J connectivity index is 2.38. The summed E-state index contributed by atoms with van der Waals surface area (Å²) in [4.78, 5) is 21.8. The molecule has 2 amide bonds. The zero-order valence-corrected chi connectivity index (χ0v) is 10.8. The molecule has 17 heavy (non-hydrogen) atoms. The molecule has 0 aliphatic heterocycles. The second-order valence-electron chi connectivity index (χ2n) is 3.51. The Morgan fingerprint density at radius 2 is 1.94 bits per heavy atom. The monoisotopic (exact) mass is 300 g/mol. The molecule has 0 radical (unpaired) electrons. The molecule has 1 aromatic rings. The lowest BCUT2D eigenvalue weighted by Gasteiger charge is -2.10. The summed E-state index contributed by atoms with van der Waals surface area (Å²) in [6, 6.07) is 6.07. The number of carbonyl (C=O) groups excluding carboxylic acids is 1. The van der Waals surface area contributed by atoms with Gasteiger partial charge in [-0.2, -0.15) is 0 Å². The highest BCUT2D eigenvalue weighted by atomic mass is 79.9. The van der Waals surface area contributed by atoms with Crippen LogP contribution >= 0.6 is 15.9 Å². The van der Waals surface area contributed by atoms with Crippen LogP contribution in [0, 0.1) is 0 Å². The smallest absolute Gasteiger partial charge is 0.325 e. The van der Waals surface area contributed by atoms with Gasteiger partial charge in [0.15, 0.2) is 0 Å². The molecule has 0 aliphatic rings. The summed E-state index contributed by atoms with van der Waals surface area (Å²) in [7, 11) is 0. The van der Waals surface area contributed by atoms with E-state index in [4.69, 9.17) is 5.11 Å². The Morgan fingerprint density at radius 3 is 2.47 bits per heavy atom. The van der Waals surface area contributed by atoms with Crippen molar-refractivity contribution in [2.75, 3.05) is 0 Å². The minimum Gasteiger partial charge on any atom is -0.480 e. The number of rotatable bonds is 4. The van der Waals surface area contributed by atoms with Gasteiger partial charge in [-0.25, -0.2) is 4.79 Å². The standard InChI is InChI=1S/C11H13BrN2O3/c1-7(10(15)16)14-11(17)13-6-8-2-4-9(12)5-3-8/h2-5,7H,6H2,1H3,(H,15,16)(H2,13,14,17). The zero-order chi connectivity index (χ0) is 12.8. The summed E-state index contributed by atoms with van der Waals surface area (Å²) in [6.07, 6.45) is 0. The van der Waals surface area contributed by atoms with Crippen molar-refractivity contribution < 1.29 is 14.7 Å². The maximum atomic E-state index is 11.3. The maximum Gasteiger partial charge on any atom is 0.325 e. The zero-order valence-electron chi connectivity index (χ0n) is 9.24. The first-order chi connectivity index (χ1) is 7.99. The molecule has 3 N–H and O–H groups in total. The summed E-state index contributed by atoms with van der Waals surface area (Å²) in [5, 5.41) is 13.5. The lowest BCUT2D eigenvalue weighted by atomic mass is 10.2. The molecule has 92 valence electrons. The van der Waals surface area contributed by atoms with Crippen molar-refractivity contribution in [3.63, 3.8) is 0 Å². The molecule has 0 saturated carbocycles. The fraction of sp³-hybridized carbons (Fsp3) is 0.273. The lowest BCUT2D eigenvalue weighted by molar-refractivity contribution is -0.138. The Bertz CT molecular complexity index is 406. The summed E-state index contributed by atoms with van der Waals surface area (Å²) in [6.45, 7) is 1.76. The van der Waals surface area contributed by atoms with Gasteiger partial charge in [0.25, 0.3) is 0 Å². The number of benzene rings is 1. The number of carboxylic acids is 1. The molecule has 5 nitrogen and oxygen atoms in total. The summed E-state index contributed by atoms with van der Waals surface area (Å²) < 4.78 is 0.963. The van der Waals surface area contributed by atoms with Crippen LogP contribution in [0.2, 0.25) is 0 Å². The quantitative estimate of drug-likeness (QED) is 0.792. The third kappa shape index (κ3) is 4.86. The van der Waals surface area contributed by atoms with Gasteiger partial charge < -0.3 is 15.7 Å². The third-order valence-corrected chi connectivity index (χ3v) is 2.61. The SMILES string of the molecule is CC(NC(=O)NCc1ccc(Br)cc1)C(=O)O. The van der Waals surface area contributed by atoms with Gasteiger partial charge in [0, 0.05) is 11.0 Å². The molecule has 1 aromatic carbocycles. The van der Waals surface area contributed by atoms with E-state index < -0.39 is 18.0 Å². The van der Waals surface area contributed by atoms with Crippen LogP contribution in [-0.2, 0) is 11.3 Å². The van der Waals surface area contributed by atoms with Gasteiger partial charge in [0.05, 0.1) is 0 Å². The van der Waals surface area contributed by atoms with E-state index in [9.17, 15) is 9.59 Å². The van der Waals surface area contributed by atoms with E-state index in [1.165, 1.54) is 6.92 Å². The van der Waals surface area contributed by atoms with Crippen molar-refractivity contribution >= 4 is 27.9 Å². The van der Waals surface area contributed by atoms with E-state index in [2.05, 4.69) is 26.6 Å². The predicted molar refractivity (Wildman–Crippen MR) is 66.6 cm³/mol. The molecular weight excluding hydrogens is 288 g/mol. The third-order valence-electron chi connectivity index (χ3n) is 2.08. The Hall–Kier alpha value is -1.56. The van der Waals surface area contributed by atoms with Gasteiger partial charge in [-0.05, 0) is 24.6 Å². The molecule has 0 heterocycles. The first-order valence-electron chi connectivity index (χ1n) is 5.00. The minimum atomic E-state index is -1.07. The van der Waals surface area contributed by atoms with Gasteiger partial charge >= 0.3 is 12.0 Å². The van der Waals surface area contributed by atoms with Crippen molar-refractivity contribution in [3.05, 3.63) is 34.3 Å². The average Bonchev–Trinajstić information content (AvgIpc) is 2.28. The van der Waals surface area contributed by atoms with E-state index in [1.807, 2.05) is 24.3 Å². The van der Waals surface area contributed by atoms with E-state index in [1.54, 1.807) is 0 Å². The molecule has 6 heteroatoms. The number of carboxylic acid groups (broad SMARTS) is 1. The molecule has 0 bridgehead atoms. The molecule has 1 rings (SSSR count). The Morgan fingerprint density at radius 1 is 1.35 bits per heavy atom. The summed E-state index contributed by atoms with van der Waals surface area (Å²) >= 11 is 3.31. The van der Waals surface area contributed by atoms with Crippen LogP contribution in [0.4, 0.5) is 4.79 Å². The second kappa shape index (κ2) is 6.24. The molecule has 0 saturated heterocycles. The van der Waals surface area contributed by atoms with E-state index >= 15 is 0 Å². The van der Waals surface area contributed by atoms with Crippen LogP contribution in [0.5, 0.6) is 0 Å². The van der Waals surface area contributed by atoms with Crippen molar-refractivity contribution in [2.24, 2.45) is 0 Å². The molecule has 0 spiro atoms. The van der Waals surface area contributed by atoms with E-state index in [0.29, 0.717) is 6.54 Å². The van der Waals surface area contributed by atoms with Crippen molar-refractivity contribution in [3.8, 4) is 0 Å². The van der Waals surface area contributed by atoms with E-state index in [0.717, 1.165) is 10.0 Å². The number of amides is 2.